The largest absolute Gasteiger partial charge is 0.310 e. The van der Waals surface area contributed by atoms with Crippen molar-refractivity contribution in [3.8, 4) is 0 Å². The van der Waals surface area contributed by atoms with Crippen LogP contribution in [0.1, 0.15) is 29.9 Å². The summed E-state index contributed by atoms with van der Waals surface area (Å²) in [5, 5.41) is 3.56. The van der Waals surface area contributed by atoms with Crippen LogP contribution in [0.5, 0.6) is 0 Å². The molecule has 0 aromatic heterocycles. The maximum Gasteiger partial charge on any atom is 0.123 e. The molecule has 0 bridgehead atoms. The molecule has 0 amide bonds. The molecule has 0 saturated heterocycles. The predicted octanol–water partition coefficient (Wildman–Crippen LogP) is 3.86. The first kappa shape index (κ1) is 12.4. The molecule has 2 aromatic carbocycles. The number of hydrogen-bond donors (Lipinski definition) is 1. The minimum Gasteiger partial charge on any atom is -0.310 e. The standard InChI is InChI=1S/C17H18FN/c18-16-8-4-7-14(9-16)15-10-17(11-15)19-12-13-5-2-1-3-6-13/h1-9,15,17,19H,10-12H2. The zero-order valence-corrected chi connectivity index (χ0v) is 10.9. The van der Waals surface area contributed by atoms with Crippen LogP contribution in [0.3, 0.4) is 0 Å². The Hall–Kier alpha value is -1.67. The summed E-state index contributed by atoms with van der Waals surface area (Å²) < 4.78 is 13.1. The van der Waals surface area contributed by atoms with Crippen molar-refractivity contribution < 1.29 is 4.39 Å². The molecule has 98 valence electrons. The topological polar surface area (TPSA) is 12.0 Å². The van der Waals surface area contributed by atoms with E-state index in [4.69, 9.17) is 0 Å². The molecule has 0 unspecified atom stereocenters. The molecular formula is C17H18FN. The van der Waals surface area contributed by atoms with Crippen molar-refractivity contribution in [3.05, 3.63) is 71.5 Å². The smallest absolute Gasteiger partial charge is 0.123 e. The van der Waals surface area contributed by atoms with Gasteiger partial charge in [0.25, 0.3) is 0 Å². The summed E-state index contributed by atoms with van der Waals surface area (Å²) in [5.41, 5.74) is 2.45. The van der Waals surface area contributed by atoms with Gasteiger partial charge in [-0.2, -0.15) is 0 Å². The minimum atomic E-state index is -0.127. The zero-order valence-electron chi connectivity index (χ0n) is 10.9. The monoisotopic (exact) mass is 255 g/mol. The van der Waals surface area contributed by atoms with Gasteiger partial charge in [0.2, 0.25) is 0 Å². The van der Waals surface area contributed by atoms with Gasteiger partial charge >= 0.3 is 0 Å². The van der Waals surface area contributed by atoms with Gasteiger partial charge in [-0.15, -0.1) is 0 Å². The van der Waals surface area contributed by atoms with Crippen molar-refractivity contribution in [2.45, 2.75) is 31.3 Å². The fraction of sp³-hybridized carbons (Fsp3) is 0.294. The fourth-order valence-electron chi connectivity index (χ4n) is 2.68. The second-order valence-corrected chi connectivity index (χ2v) is 5.29. The van der Waals surface area contributed by atoms with E-state index in [0.717, 1.165) is 24.9 Å². The van der Waals surface area contributed by atoms with E-state index in [1.165, 1.54) is 11.6 Å². The third kappa shape index (κ3) is 3.02. The van der Waals surface area contributed by atoms with Gasteiger partial charge in [0, 0.05) is 12.6 Å². The van der Waals surface area contributed by atoms with Gasteiger partial charge in [0.05, 0.1) is 0 Å². The Kier molecular flexibility index (Phi) is 3.60. The average Bonchev–Trinajstić information content (AvgIpc) is 2.38. The Labute approximate surface area is 113 Å². The van der Waals surface area contributed by atoms with Gasteiger partial charge in [-0.1, -0.05) is 42.5 Å². The van der Waals surface area contributed by atoms with E-state index in [1.807, 2.05) is 12.1 Å². The predicted molar refractivity (Wildman–Crippen MR) is 75.4 cm³/mol. The molecule has 1 N–H and O–H groups in total. The quantitative estimate of drug-likeness (QED) is 0.874. The SMILES string of the molecule is Fc1cccc(C2CC(NCc3ccccc3)C2)c1. The normalized spacial score (nSPS) is 21.9. The zero-order chi connectivity index (χ0) is 13.1. The van der Waals surface area contributed by atoms with Gasteiger partial charge in [-0.3, -0.25) is 0 Å². The van der Waals surface area contributed by atoms with E-state index in [-0.39, 0.29) is 5.82 Å². The molecule has 0 heterocycles. The molecule has 1 saturated carbocycles. The minimum absolute atomic E-state index is 0.127. The summed E-state index contributed by atoms with van der Waals surface area (Å²) in [6, 6.07) is 18.0. The second-order valence-electron chi connectivity index (χ2n) is 5.29. The molecule has 19 heavy (non-hydrogen) atoms. The van der Waals surface area contributed by atoms with Crippen LogP contribution in [0, 0.1) is 5.82 Å². The second kappa shape index (κ2) is 5.54. The third-order valence-corrected chi connectivity index (χ3v) is 3.90. The number of benzene rings is 2. The Morgan fingerprint density at radius 2 is 1.79 bits per heavy atom. The first-order valence-corrected chi connectivity index (χ1v) is 6.84. The van der Waals surface area contributed by atoms with Crippen molar-refractivity contribution in [2.24, 2.45) is 0 Å². The summed E-state index contributed by atoms with van der Waals surface area (Å²) >= 11 is 0. The Bertz CT molecular complexity index is 532. The Morgan fingerprint density at radius 3 is 2.53 bits per heavy atom. The van der Waals surface area contributed by atoms with Crippen molar-refractivity contribution in [1.29, 1.82) is 0 Å². The van der Waals surface area contributed by atoms with E-state index >= 15 is 0 Å². The highest BCUT2D eigenvalue weighted by Crippen LogP contribution is 2.37. The Morgan fingerprint density at radius 1 is 1.00 bits per heavy atom. The first-order chi connectivity index (χ1) is 9.31. The highest BCUT2D eigenvalue weighted by atomic mass is 19.1. The summed E-state index contributed by atoms with van der Waals surface area (Å²) in [5.74, 6) is 0.391. The van der Waals surface area contributed by atoms with Crippen LogP contribution in [0.2, 0.25) is 0 Å². The molecule has 2 aromatic rings. The van der Waals surface area contributed by atoms with Gasteiger partial charge in [0.1, 0.15) is 5.82 Å². The molecule has 0 aliphatic heterocycles. The fourth-order valence-corrected chi connectivity index (χ4v) is 2.68. The van der Waals surface area contributed by atoms with Crippen LogP contribution in [0.25, 0.3) is 0 Å². The molecule has 2 heteroatoms. The van der Waals surface area contributed by atoms with Crippen molar-refractivity contribution in [1.82, 2.24) is 5.32 Å². The van der Waals surface area contributed by atoms with Crippen molar-refractivity contribution >= 4 is 0 Å². The molecule has 0 atom stereocenters. The van der Waals surface area contributed by atoms with Crippen molar-refractivity contribution in [2.75, 3.05) is 0 Å². The lowest BCUT2D eigenvalue weighted by Crippen LogP contribution is -2.39. The molecule has 1 fully saturated rings. The molecular weight excluding hydrogens is 237 g/mol. The highest BCUT2D eigenvalue weighted by Gasteiger charge is 2.29. The lowest BCUT2D eigenvalue weighted by atomic mass is 9.76. The third-order valence-electron chi connectivity index (χ3n) is 3.90. The van der Waals surface area contributed by atoms with E-state index in [1.54, 1.807) is 12.1 Å². The number of halogens is 1. The van der Waals surface area contributed by atoms with Crippen LogP contribution >= 0.6 is 0 Å². The molecule has 0 spiro atoms. The van der Waals surface area contributed by atoms with Gasteiger partial charge in [-0.05, 0) is 42.0 Å². The maximum atomic E-state index is 13.1. The summed E-state index contributed by atoms with van der Waals surface area (Å²) in [4.78, 5) is 0. The summed E-state index contributed by atoms with van der Waals surface area (Å²) in [7, 11) is 0. The number of hydrogen-bond acceptors (Lipinski definition) is 1. The first-order valence-electron chi connectivity index (χ1n) is 6.84. The lowest BCUT2D eigenvalue weighted by molar-refractivity contribution is 0.289. The highest BCUT2D eigenvalue weighted by molar-refractivity contribution is 5.24. The van der Waals surface area contributed by atoms with E-state index < -0.39 is 0 Å². The van der Waals surface area contributed by atoms with Crippen LogP contribution in [-0.2, 0) is 6.54 Å². The lowest BCUT2D eigenvalue weighted by Gasteiger charge is -2.36. The van der Waals surface area contributed by atoms with Gasteiger partial charge in [-0.25, -0.2) is 4.39 Å². The summed E-state index contributed by atoms with van der Waals surface area (Å²) in [6.07, 6.45) is 2.21. The van der Waals surface area contributed by atoms with Crippen LogP contribution in [0.15, 0.2) is 54.6 Å². The van der Waals surface area contributed by atoms with Crippen LogP contribution in [-0.4, -0.2) is 6.04 Å². The van der Waals surface area contributed by atoms with Crippen LogP contribution < -0.4 is 5.32 Å². The number of nitrogens with one attached hydrogen (secondary N) is 1. The molecule has 3 rings (SSSR count). The van der Waals surface area contributed by atoms with Crippen molar-refractivity contribution in [3.63, 3.8) is 0 Å². The molecule has 1 aliphatic rings. The van der Waals surface area contributed by atoms with E-state index in [9.17, 15) is 4.39 Å². The van der Waals surface area contributed by atoms with E-state index in [0.29, 0.717) is 12.0 Å². The number of rotatable bonds is 4. The maximum absolute atomic E-state index is 13.1. The van der Waals surface area contributed by atoms with Crippen LogP contribution in [0.4, 0.5) is 4.39 Å². The Balaban J connectivity index is 1.48. The van der Waals surface area contributed by atoms with Gasteiger partial charge < -0.3 is 5.32 Å². The molecule has 1 nitrogen and oxygen atoms in total. The summed E-state index contributed by atoms with van der Waals surface area (Å²) in [6.45, 7) is 0.918. The molecule has 0 radical (unpaired) electrons. The van der Waals surface area contributed by atoms with E-state index in [2.05, 4.69) is 29.6 Å². The van der Waals surface area contributed by atoms with Gasteiger partial charge in [0.15, 0.2) is 0 Å². The average molecular weight is 255 g/mol. The molecule has 1 aliphatic carbocycles.